The minimum atomic E-state index is -0.345. The fraction of sp³-hybridized carbons (Fsp3) is 0.125. The zero-order valence-electron chi connectivity index (χ0n) is 11.6. The maximum absolute atomic E-state index is 13.1. The van der Waals surface area contributed by atoms with Gasteiger partial charge in [0.05, 0.1) is 23.7 Å². The van der Waals surface area contributed by atoms with Crippen LogP contribution in [0.4, 0.5) is 4.39 Å². The zero-order chi connectivity index (χ0) is 15.5. The highest BCUT2D eigenvalue weighted by Crippen LogP contribution is 2.11. The number of carbonyl (C=O) groups excluding carboxylic acids is 1. The zero-order valence-corrected chi connectivity index (χ0v) is 12.3. The highest BCUT2D eigenvalue weighted by Gasteiger charge is 2.06. The van der Waals surface area contributed by atoms with Gasteiger partial charge in [-0.25, -0.2) is 9.37 Å². The second-order valence-corrected chi connectivity index (χ2v) is 5.36. The third kappa shape index (κ3) is 3.43. The number of halogens is 2. The van der Waals surface area contributed by atoms with Gasteiger partial charge in [0, 0.05) is 12.4 Å². The molecule has 0 aliphatic heterocycles. The summed E-state index contributed by atoms with van der Waals surface area (Å²) >= 11 is 5.91. The van der Waals surface area contributed by atoms with Gasteiger partial charge in [-0.05, 0) is 29.8 Å². The van der Waals surface area contributed by atoms with Gasteiger partial charge in [-0.15, -0.1) is 0 Å². The highest BCUT2D eigenvalue weighted by atomic mass is 35.5. The maximum atomic E-state index is 13.1. The number of amides is 1. The van der Waals surface area contributed by atoms with E-state index in [1.807, 2.05) is 6.20 Å². The van der Waals surface area contributed by atoms with Gasteiger partial charge in [-0.3, -0.25) is 4.79 Å². The normalized spacial score (nSPS) is 10.8. The first-order valence-corrected chi connectivity index (χ1v) is 7.12. The molecule has 0 unspecified atom stereocenters. The Morgan fingerprint density at radius 1 is 1.27 bits per heavy atom. The molecule has 2 heterocycles. The van der Waals surface area contributed by atoms with E-state index < -0.39 is 0 Å². The molecule has 1 N–H and O–H groups in total. The van der Waals surface area contributed by atoms with E-state index >= 15 is 0 Å². The van der Waals surface area contributed by atoms with E-state index in [2.05, 4.69) is 10.3 Å². The number of fused-ring (bicyclic) bond motifs is 1. The summed E-state index contributed by atoms with van der Waals surface area (Å²) in [6.07, 6.45) is 3.70. The number of carbonyl (C=O) groups is 1. The third-order valence-corrected chi connectivity index (χ3v) is 3.41. The fourth-order valence-electron chi connectivity index (χ4n) is 2.19. The molecule has 0 radical (unpaired) electrons. The number of hydrogen-bond donors (Lipinski definition) is 1. The van der Waals surface area contributed by atoms with Crippen LogP contribution in [0.25, 0.3) is 5.65 Å². The molecule has 0 spiro atoms. The molecule has 2 aromatic heterocycles. The SMILES string of the molecule is O=C(Cc1cccc(F)c1)NCc1cn2cc(Cl)ccc2n1. The first-order chi connectivity index (χ1) is 10.6. The van der Waals surface area contributed by atoms with Crippen LogP contribution < -0.4 is 5.32 Å². The van der Waals surface area contributed by atoms with Crippen molar-refractivity contribution in [2.45, 2.75) is 13.0 Å². The van der Waals surface area contributed by atoms with Crippen molar-refractivity contribution in [1.82, 2.24) is 14.7 Å². The number of aromatic nitrogens is 2. The van der Waals surface area contributed by atoms with Crippen LogP contribution in [-0.4, -0.2) is 15.3 Å². The molecule has 0 aliphatic carbocycles. The molecule has 6 heteroatoms. The number of rotatable bonds is 4. The Morgan fingerprint density at radius 2 is 2.14 bits per heavy atom. The molecule has 0 bridgehead atoms. The Morgan fingerprint density at radius 3 is 2.95 bits per heavy atom. The van der Waals surface area contributed by atoms with Gasteiger partial charge < -0.3 is 9.72 Å². The summed E-state index contributed by atoms with van der Waals surface area (Å²) in [7, 11) is 0. The summed E-state index contributed by atoms with van der Waals surface area (Å²) < 4.78 is 14.9. The third-order valence-electron chi connectivity index (χ3n) is 3.19. The van der Waals surface area contributed by atoms with Crippen molar-refractivity contribution in [3.05, 3.63) is 70.9 Å². The lowest BCUT2D eigenvalue weighted by Gasteiger charge is -2.03. The van der Waals surface area contributed by atoms with Crippen LogP contribution in [0.15, 0.2) is 48.8 Å². The van der Waals surface area contributed by atoms with Gasteiger partial charge in [-0.1, -0.05) is 23.7 Å². The summed E-state index contributed by atoms with van der Waals surface area (Å²) in [6, 6.07) is 9.58. The molecular weight excluding hydrogens is 305 g/mol. The summed E-state index contributed by atoms with van der Waals surface area (Å²) in [6.45, 7) is 0.313. The van der Waals surface area contributed by atoms with E-state index in [0.29, 0.717) is 17.1 Å². The van der Waals surface area contributed by atoms with Crippen molar-refractivity contribution >= 4 is 23.2 Å². The smallest absolute Gasteiger partial charge is 0.224 e. The molecule has 0 saturated heterocycles. The minimum absolute atomic E-state index is 0.136. The molecule has 22 heavy (non-hydrogen) atoms. The largest absolute Gasteiger partial charge is 0.350 e. The predicted molar refractivity (Wildman–Crippen MR) is 82.2 cm³/mol. The molecule has 0 saturated carbocycles. The summed E-state index contributed by atoms with van der Waals surface area (Å²) in [4.78, 5) is 16.3. The van der Waals surface area contributed by atoms with E-state index in [4.69, 9.17) is 11.6 Å². The van der Waals surface area contributed by atoms with Gasteiger partial charge in [-0.2, -0.15) is 0 Å². The van der Waals surface area contributed by atoms with E-state index in [1.165, 1.54) is 12.1 Å². The first-order valence-electron chi connectivity index (χ1n) is 6.74. The number of benzene rings is 1. The Hall–Kier alpha value is -2.40. The van der Waals surface area contributed by atoms with Crippen LogP contribution >= 0.6 is 11.6 Å². The molecule has 1 aromatic carbocycles. The van der Waals surface area contributed by atoms with Gasteiger partial charge in [0.1, 0.15) is 11.5 Å². The quantitative estimate of drug-likeness (QED) is 0.804. The molecular formula is C16H13ClFN3O. The summed E-state index contributed by atoms with van der Waals surface area (Å²) in [5.41, 5.74) is 2.13. The lowest BCUT2D eigenvalue weighted by molar-refractivity contribution is -0.120. The van der Waals surface area contributed by atoms with Crippen molar-refractivity contribution < 1.29 is 9.18 Å². The van der Waals surface area contributed by atoms with Crippen LogP contribution in [0.3, 0.4) is 0 Å². The van der Waals surface area contributed by atoms with Gasteiger partial charge in [0.25, 0.3) is 0 Å². The standard InChI is InChI=1S/C16H13ClFN3O/c17-12-4-5-15-20-14(10-21(15)9-12)8-19-16(22)7-11-2-1-3-13(18)6-11/h1-6,9-10H,7-8H2,(H,19,22). The number of nitrogens with one attached hydrogen (secondary N) is 1. The number of hydrogen-bond acceptors (Lipinski definition) is 2. The Balaban J connectivity index is 1.62. The van der Waals surface area contributed by atoms with Crippen molar-refractivity contribution in [3.63, 3.8) is 0 Å². The van der Waals surface area contributed by atoms with Crippen LogP contribution in [0.5, 0.6) is 0 Å². The predicted octanol–water partition coefficient (Wildman–Crippen LogP) is 2.99. The molecule has 0 aliphatic rings. The van der Waals surface area contributed by atoms with Gasteiger partial charge >= 0.3 is 0 Å². The van der Waals surface area contributed by atoms with Crippen LogP contribution in [0, 0.1) is 5.82 Å². The Labute approximate surface area is 131 Å². The van der Waals surface area contributed by atoms with Crippen molar-refractivity contribution in [2.75, 3.05) is 0 Å². The number of nitrogens with zero attached hydrogens (tertiary/aromatic N) is 2. The van der Waals surface area contributed by atoms with Gasteiger partial charge in [0.15, 0.2) is 0 Å². The molecule has 4 nitrogen and oxygen atoms in total. The van der Waals surface area contributed by atoms with Crippen LogP contribution in [-0.2, 0) is 17.8 Å². The highest BCUT2D eigenvalue weighted by molar-refractivity contribution is 6.30. The topological polar surface area (TPSA) is 46.4 Å². The minimum Gasteiger partial charge on any atom is -0.350 e. The summed E-state index contributed by atoms with van der Waals surface area (Å²) in [5, 5.41) is 3.39. The second-order valence-electron chi connectivity index (χ2n) is 4.93. The lowest BCUT2D eigenvalue weighted by atomic mass is 10.1. The first kappa shape index (κ1) is 14.5. The van der Waals surface area contributed by atoms with Crippen molar-refractivity contribution in [2.24, 2.45) is 0 Å². The molecule has 3 rings (SSSR count). The molecule has 3 aromatic rings. The van der Waals surface area contributed by atoms with E-state index in [9.17, 15) is 9.18 Å². The summed E-state index contributed by atoms with van der Waals surface area (Å²) in [5.74, 6) is -0.525. The van der Waals surface area contributed by atoms with E-state index in [0.717, 1.165) is 11.3 Å². The van der Waals surface area contributed by atoms with Crippen LogP contribution in [0.2, 0.25) is 5.02 Å². The van der Waals surface area contributed by atoms with E-state index in [-0.39, 0.29) is 18.1 Å². The average Bonchev–Trinajstić information content (AvgIpc) is 2.87. The molecule has 0 fully saturated rings. The van der Waals surface area contributed by atoms with Crippen molar-refractivity contribution in [3.8, 4) is 0 Å². The fourth-order valence-corrected chi connectivity index (χ4v) is 2.35. The Kier molecular flexibility index (Phi) is 4.06. The van der Waals surface area contributed by atoms with E-state index in [1.54, 1.807) is 34.9 Å². The lowest BCUT2D eigenvalue weighted by Crippen LogP contribution is -2.24. The van der Waals surface area contributed by atoms with Crippen molar-refractivity contribution in [1.29, 1.82) is 0 Å². The maximum Gasteiger partial charge on any atom is 0.224 e. The van der Waals surface area contributed by atoms with Gasteiger partial charge in [0.2, 0.25) is 5.91 Å². The number of imidazole rings is 1. The Bertz CT molecular complexity index is 831. The van der Waals surface area contributed by atoms with Crippen LogP contribution in [0.1, 0.15) is 11.3 Å². The second kappa shape index (κ2) is 6.15. The average molecular weight is 318 g/mol. The number of pyridine rings is 1. The molecule has 112 valence electrons. The monoisotopic (exact) mass is 317 g/mol. The molecule has 1 amide bonds. The molecule has 0 atom stereocenters.